The van der Waals surface area contributed by atoms with Crippen LogP contribution in [0, 0.1) is 0 Å². The fraction of sp³-hybridized carbons (Fsp3) is 0.271. The van der Waals surface area contributed by atoms with Crippen LogP contribution in [0.15, 0.2) is 148 Å². The number of guanidine groups is 5. The molecule has 0 unspecified atom stereocenters. The molecule has 30 nitrogen and oxygen atoms in total. The molecule has 20 N–H and O–H groups in total. The van der Waals surface area contributed by atoms with Crippen molar-refractivity contribution >= 4 is 88.4 Å². The third kappa shape index (κ3) is 35.5. The predicted octanol–water partition coefficient (Wildman–Crippen LogP) is 2.90. The van der Waals surface area contributed by atoms with Gasteiger partial charge in [0, 0.05) is 95.2 Å². The monoisotopic (exact) mass is 1080 g/mol. The average molecular weight is 1080 g/mol. The van der Waals surface area contributed by atoms with E-state index in [1.165, 1.54) is 7.05 Å². The molecule has 0 fully saturated rings. The van der Waals surface area contributed by atoms with E-state index in [-0.39, 0.29) is 53.9 Å². The molecule has 0 aliphatic carbocycles. The van der Waals surface area contributed by atoms with Crippen molar-refractivity contribution in [1.82, 2.24) is 78.1 Å². The van der Waals surface area contributed by atoms with Gasteiger partial charge in [0.15, 0.2) is 0 Å². The minimum atomic E-state index is -0.402. The van der Waals surface area contributed by atoms with Crippen molar-refractivity contribution in [1.29, 1.82) is 0 Å². The van der Waals surface area contributed by atoms with Gasteiger partial charge in [-0.2, -0.15) is 0 Å². The van der Waals surface area contributed by atoms with Crippen LogP contribution in [0.3, 0.4) is 0 Å². The summed E-state index contributed by atoms with van der Waals surface area (Å²) >= 11 is 0. The van der Waals surface area contributed by atoms with Crippen LogP contribution in [-0.4, -0.2) is 118 Å². The van der Waals surface area contributed by atoms with Crippen LogP contribution >= 0.6 is 0 Å². The molecule has 0 bridgehead atoms. The maximum absolute atomic E-state index is 11.3. The standard InChI is InChI=1S/C11H17N5O.2C10H15N5O.C9H13N5O.C8H11N5O/c1-2-3-6-14-11(17)16-10(12)15-9-4-7-13-8-5-9;2*1-2-5-13-10(16)15-9(11)14-8-3-6-12-7-4-8;1-2-12-9(15)14-8(10)13-7-3-5-11-6-4-7;1-10-8(14)13-7(9)12-6-2-4-11-5-3-6/h4-5,7-8H,2-3,6H2,1H3,(H4,12,13,14,15,16,17);2*3-4,6-7H,2,5H2,1H3,(H4,11,12,13,14,15,16);3-6H,2H2,1H3,(H4,10,11,12,13,14,15);2-5H,1H3,(H4,9,10,11,12,13,14). The topological polar surface area (TPSA) is 462 Å². The van der Waals surface area contributed by atoms with Gasteiger partial charge in [-0.15, -0.1) is 0 Å². The lowest BCUT2D eigenvalue weighted by Gasteiger charge is -2.05. The first-order valence-corrected chi connectivity index (χ1v) is 24.0. The number of unbranched alkanes of at least 4 members (excludes halogenated alkanes) is 1. The number of aromatic nitrogens is 5. The van der Waals surface area contributed by atoms with Crippen LogP contribution in [0.25, 0.3) is 0 Å². The SMILES string of the molecule is CCCCNC(=O)NC(N)=Nc1ccncc1.CCCNC(=O)NC(N)=Nc1ccncc1.CCCNC(=O)NC(N)=Nc1ccncc1.CCNC(=O)NC(N)=Nc1ccncc1.CNC(=O)NC(N)=Nc1ccncc1. The Bertz CT molecular complexity index is 2560. The number of aliphatic imine (C=N–C) groups is 5. The molecule has 5 rings (SSSR count). The van der Waals surface area contributed by atoms with E-state index in [0.717, 1.165) is 25.7 Å². The molecule has 0 spiro atoms. The number of amides is 10. The molecule has 0 aliphatic heterocycles. The Hall–Kier alpha value is -10.6. The van der Waals surface area contributed by atoms with E-state index in [1.807, 2.05) is 20.8 Å². The first-order valence-electron chi connectivity index (χ1n) is 24.0. The highest BCUT2D eigenvalue weighted by Crippen LogP contribution is 2.10. The van der Waals surface area contributed by atoms with E-state index in [2.05, 4.69) is 110 Å². The first-order chi connectivity index (χ1) is 37.6. The van der Waals surface area contributed by atoms with E-state index in [4.69, 9.17) is 28.7 Å². The Morgan fingerprint density at radius 1 is 0.359 bits per heavy atom. The van der Waals surface area contributed by atoms with Crippen LogP contribution in [0.1, 0.15) is 53.4 Å². The maximum Gasteiger partial charge on any atom is 0.321 e. The number of carbonyl (C=O) groups excluding carboxylic acids is 5. The Morgan fingerprint density at radius 3 is 0.808 bits per heavy atom. The number of urea groups is 5. The molecule has 5 aromatic rings. The van der Waals surface area contributed by atoms with Gasteiger partial charge in [-0.05, 0) is 86.8 Å². The van der Waals surface area contributed by atoms with E-state index in [9.17, 15) is 24.0 Å². The molecule has 0 aromatic carbocycles. The molecule has 10 amide bonds. The Morgan fingerprint density at radius 2 is 0.590 bits per heavy atom. The summed E-state index contributed by atoms with van der Waals surface area (Å²) in [5.41, 5.74) is 30.8. The van der Waals surface area contributed by atoms with E-state index in [1.54, 1.807) is 123 Å². The summed E-state index contributed by atoms with van der Waals surface area (Å²) in [6.45, 7) is 10.2. The number of hydrogen-bond acceptors (Lipinski definition) is 15. The molecule has 0 radical (unpaired) electrons. The van der Waals surface area contributed by atoms with Crippen molar-refractivity contribution in [3.05, 3.63) is 123 Å². The maximum atomic E-state index is 11.3. The molecule has 0 saturated heterocycles. The van der Waals surface area contributed by atoms with Gasteiger partial charge in [-0.1, -0.05) is 27.2 Å². The summed E-state index contributed by atoms with van der Waals surface area (Å²) in [4.78, 5) is 94.7. The van der Waals surface area contributed by atoms with Crippen LogP contribution < -0.4 is 81.8 Å². The first kappa shape index (κ1) is 65.5. The zero-order valence-corrected chi connectivity index (χ0v) is 44.1. The molecule has 78 heavy (non-hydrogen) atoms. The second kappa shape index (κ2) is 41.9. The quantitative estimate of drug-likeness (QED) is 0.0458. The fourth-order valence-electron chi connectivity index (χ4n) is 4.77. The minimum Gasteiger partial charge on any atom is -0.369 e. The Labute approximate surface area is 452 Å². The summed E-state index contributed by atoms with van der Waals surface area (Å²) in [7, 11) is 1.50. The van der Waals surface area contributed by atoms with Gasteiger partial charge < -0.3 is 55.3 Å². The van der Waals surface area contributed by atoms with Gasteiger partial charge in [0.05, 0.1) is 28.4 Å². The molecule has 0 saturated carbocycles. The van der Waals surface area contributed by atoms with Gasteiger partial charge in [0.2, 0.25) is 29.8 Å². The number of hydrogen-bond donors (Lipinski definition) is 15. The highest BCUT2D eigenvalue weighted by Gasteiger charge is 2.04. The number of carbonyl (C=O) groups is 5. The second-order valence-electron chi connectivity index (χ2n) is 14.7. The lowest BCUT2D eigenvalue weighted by Crippen LogP contribution is -2.43. The lowest BCUT2D eigenvalue weighted by molar-refractivity contribution is 0.244. The molecule has 418 valence electrons. The molecule has 5 aromatic heterocycles. The molecule has 0 aliphatic rings. The fourth-order valence-corrected chi connectivity index (χ4v) is 4.77. The molecular formula is C48H71N25O5. The van der Waals surface area contributed by atoms with Crippen molar-refractivity contribution in [3.8, 4) is 0 Å². The molecule has 0 atom stereocenters. The largest absolute Gasteiger partial charge is 0.369 e. The van der Waals surface area contributed by atoms with Crippen LogP contribution in [0.2, 0.25) is 0 Å². The van der Waals surface area contributed by atoms with Crippen molar-refractivity contribution in [2.24, 2.45) is 53.6 Å². The van der Waals surface area contributed by atoms with Gasteiger partial charge in [0.1, 0.15) is 0 Å². The number of pyridine rings is 5. The van der Waals surface area contributed by atoms with E-state index in [0.29, 0.717) is 54.6 Å². The summed E-state index contributed by atoms with van der Waals surface area (Å²) < 4.78 is 0. The smallest absolute Gasteiger partial charge is 0.321 e. The minimum absolute atomic E-state index is 0.0375. The zero-order valence-electron chi connectivity index (χ0n) is 44.1. The second-order valence-corrected chi connectivity index (χ2v) is 14.7. The molecule has 5 heterocycles. The number of nitrogens with one attached hydrogen (secondary N) is 10. The van der Waals surface area contributed by atoms with Gasteiger partial charge in [-0.25, -0.2) is 48.9 Å². The Balaban J connectivity index is 0.000000488. The lowest BCUT2D eigenvalue weighted by atomic mass is 10.3. The van der Waals surface area contributed by atoms with E-state index < -0.39 is 6.03 Å². The Kier molecular flexibility index (Phi) is 35.1. The van der Waals surface area contributed by atoms with Crippen LogP contribution in [0.5, 0.6) is 0 Å². The number of rotatable bonds is 13. The normalized spacial score (nSPS) is 10.9. The van der Waals surface area contributed by atoms with Crippen LogP contribution in [-0.2, 0) is 0 Å². The summed E-state index contributed by atoms with van der Waals surface area (Å²) in [6.07, 6.45) is 19.7. The van der Waals surface area contributed by atoms with Crippen molar-refractivity contribution in [2.45, 2.75) is 53.4 Å². The summed E-state index contributed by atoms with van der Waals surface area (Å²) in [5, 5.41) is 24.8. The summed E-state index contributed by atoms with van der Waals surface area (Å²) in [5.74, 6) is 0.257. The highest BCUT2D eigenvalue weighted by molar-refractivity contribution is 5.98. The van der Waals surface area contributed by atoms with E-state index >= 15 is 0 Å². The van der Waals surface area contributed by atoms with Gasteiger partial charge >= 0.3 is 30.2 Å². The third-order valence-electron chi connectivity index (χ3n) is 8.22. The van der Waals surface area contributed by atoms with Crippen LogP contribution in [0.4, 0.5) is 52.4 Å². The van der Waals surface area contributed by atoms with Gasteiger partial charge in [0.25, 0.3) is 0 Å². The van der Waals surface area contributed by atoms with Crippen molar-refractivity contribution in [3.63, 3.8) is 0 Å². The van der Waals surface area contributed by atoms with Crippen molar-refractivity contribution < 1.29 is 24.0 Å². The molecular weight excluding hydrogens is 1010 g/mol. The number of nitrogens with two attached hydrogens (primary N) is 5. The predicted molar refractivity (Wildman–Crippen MR) is 302 cm³/mol. The summed E-state index contributed by atoms with van der Waals surface area (Å²) in [6, 6.07) is 15.1. The van der Waals surface area contributed by atoms with Gasteiger partial charge in [-0.3, -0.25) is 51.5 Å². The average Bonchev–Trinajstić information content (AvgIpc) is 3.42. The number of nitrogens with zero attached hydrogens (tertiary/aromatic N) is 10. The highest BCUT2D eigenvalue weighted by atomic mass is 16.2. The third-order valence-corrected chi connectivity index (χ3v) is 8.22. The van der Waals surface area contributed by atoms with Crippen molar-refractivity contribution in [2.75, 3.05) is 33.2 Å². The zero-order chi connectivity index (χ0) is 57.6. The molecule has 30 heteroatoms.